The van der Waals surface area contributed by atoms with Gasteiger partial charge >= 0.3 is 0 Å². The van der Waals surface area contributed by atoms with Crippen LogP contribution in [0.1, 0.15) is 48.0 Å². The lowest BCUT2D eigenvalue weighted by Gasteiger charge is -2.39. The van der Waals surface area contributed by atoms with E-state index in [9.17, 15) is 14.0 Å². The zero-order valence-corrected chi connectivity index (χ0v) is 16.0. The van der Waals surface area contributed by atoms with Gasteiger partial charge in [-0.15, -0.1) is 0 Å². The van der Waals surface area contributed by atoms with Gasteiger partial charge in [0.15, 0.2) is 12.1 Å². The van der Waals surface area contributed by atoms with Crippen LogP contribution in [0.25, 0.3) is 0 Å². The lowest BCUT2D eigenvalue weighted by Crippen LogP contribution is -2.50. The minimum absolute atomic E-state index is 0.0919. The van der Waals surface area contributed by atoms with Crippen molar-refractivity contribution in [3.63, 3.8) is 0 Å². The molecule has 1 atom stereocenters. The summed E-state index contributed by atoms with van der Waals surface area (Å²) in [6.45, 7) is 4.04. The van der Waals surface area contributed by atoms with E-state index in [0.717, 1.165) is 18.4 Å². The number of rotatable bonds is 4. The molecule has 6 nitrogen and oxygen atoms in total. The van der Waals surface area contributed by atoms with Gasteiger partial charge in [-0.25, -0.2) is 9.37 Å². The zero-order valence-electron chi connectivity index (χ0n) is 16.0. The maximum atomic E-state index is 13.3. The quantitative estimate of drug-likeness (QED) is 0.811. The number of halogens is 1. The molecule has 0 N–H and O–H groups in total. The number of piperidine rings is 1. The van der Waals surface area contributed by atoms with Gasteiger partial charge in [-0.2, -0.15) is 0 Å². The molecule has 3 heterocycles. The number of nitrogens with zero attached hydrogens (tertiary/aromatic N) is 3. The fourth-order valence-electron chi connectivity index (χ4n) is 4.38. The van der Waals surface area contributed by atoms with E-state index in [1.165, 1.54) is 18.5 Å². The number of aromatic nitrogens is 1. The van der Waals surface area contributed by atoms with Gasteiger partial charge in [0.1, 0.15) is 11.6 Å². The van der Waals surface area contributed by atoms with Crippen molar-refractivity contribution in [2.24, 2.45) is 5.41 Å². The topological polar surface area (TPSA) is 66.7 Å². The monoisotopic (exact) mass is 385 g/mol. The van der Waals surface area contributed by atoms with Crippen LogP contribution in [0, 0.1) is 11.2 Å². The molecule has 0 aliphatic carbocycles. The first-order valence-corrected chi connectivity index (χ1v) is 9.78. The van der Waals surface area contributed by atoms with E-state index in [1.54, 1.807) is 17.0 Å². The van der Waals surface area contributed by atoms with Crippen molar-refractivity contribution in [3.05, 3.63) is 53.5 Å². The summed E-state index contributed by atoms with van der Waals surface area (Å²) in [4.78, 5) is 33.8. The number of amides is 2. The molecule has 28 heavy (non-hydrogen) atoms. The number of benzene rings is 1. The summed E-state index contributed by atoms with van der Waals surface area (Å²) in [6.07, 6.45) is 4.25. The van der Waals surface area contributed by atoms with Crippen molar-refractivity contribution in [2.75, 3.05) is 19.6 Å². The van der Waals surface area contributed by atoms with Gasteiger partial charge in [0.25, 0.3) is 5.91 Å². The molecule has 1 aromatic heterocycles. The highest BCUT2D eigenvalue weighted by Gasteiger charge is 2.49. The van der Waals surface area contributed by atoms with Crippen LogP contribution in [-0.4, -0.2) is 46.2 Å². The molecule has 148 valence electrons. The molecule has 2 aromatic rings. The molecule has 2 fully saturated rings. The Balaban J connectivity index is 1.48. The fourth-order valence-corrected chi connectivity index (χ4v) is 4.38. The zero-order chi connectivity index (χ0) is 19.7. The van der Waals surface area contributed by atoms with Crippen LogP contribution in [0.4, 0.5) is 4.39 Å². The van der Waals surface area contributed by atoms with Crippen LogP contribution in [0.5, 0.6) is 0 Å². The lowest BCUT2D eigenvalue weighted by molar-refractivity contribution is -0.146. The van der Waals surface area contributed by atoms with E-state index >= 15 is 0 Å². The first-order chi connectivity index (χ1) is 13.5. The first-order valence-electron chi connectivity index (χ1n) is 9.78. The molecule has 2 aliphatic heterocycles. The molecule has 0 radical (unpaired) electrons. The fraction of sp³-hybridized carbons (Fsp3) is 0.476. The summed E-state index contributed by atoms with van der Waals surface area (Å²) >= 11 is 0. The molecule has 1 unspecified atom stereocenters. The molecule has 1 aromatic carbocycles. The van der Waals surface area contributed by atoms with E-state index in [2.05, 4.69) is 4.98 Å². The minimum atomic E-state index is -0.524. The van der Waals surface area contributed by atoms with Crippen molar-refractivity contribution in [3.8, 4) is 0 Å². The van der Waals surface area contributed by atoms with E-state index in [1.807, 2.05) is 11.8 Å². The summed E-state index contributed by atoms with van der Waals surface area (Å²) in [6, 6.07) is 6.26. The largest absolute Gasteiger partial charge is 0.448 e. The summed E-state index contributed by atoms with van der Waals surface area (Å²) in [5, 5.41) is 0. The van der Waals surface area contributed by atoms with Crippen molar-refractivity contribution in [2.45, 2.75) is 39.2 Å². The SMILES string of the molecule is CCc1ocnc1C(=O)N1CCC2(CCCN(Cc3ccc(F)cc3)C2=O)C1. The Bertz CT molecular complexity index is 879. The second-order valence-electron chi connectivity index (χ2n) is 7.69. The third kappa shape index (κ3) is 3.30. The molecule has 1 spiro atoms. The molecular weight excluding hydrogens is 361 g/mol. The molecule has 4 rings (SSSR count). The van der Waals surface area contributed by atoms with Crippen molar-refractivity contribution in [1.82, 2.24) is 14.8 Å². The molecule has 2 amide bonds. The normalized spacial score (nSPS) is 22.3. The van der Waals surface area contributed by atoms with Crippen molar-refractivity contribution in [1.29, 1.82) is 0 Å². The maximum absolute atomic E-state index is 13.3. The van der Waals surface area contributed by atoms with Crippen LogP contribution in [-0.2, 0) is 17.8 Å². The van der Waals surface area contributed by atoms with Gasteiger partial charge in [0.2, 0.25) is 5.91 Å². The van der Waals surface area contributed by atoms with Gasteiger partial charge in [-0.3, -0.25) is 9.59 Å². The third-order valence-corrected chi connectivity index (χ3v) is 5.92. The predicted octanol–water partition coefficient (Wildman–Crippen LogP) is 3.03. The average molecular weight is 385 g/mol. The van der Waals surface area contributed by atoms with Crippen LogP contribution in [0.15, 0.2) is 35.1 Å². The van der Waals surface area contributed by atoms with Crippen LogP contribution in [0.3, 0.4) is 0 Å². The summed E-state index contributed by atoms with van der Waals surface area (Å²) < 4.78 is 18.4. The summed E-state index contributed by atoms with van der Waals surface area (Å²) in [5.74, 6) is 0.230. The molecule has 7 heteroatoms. The van der Waals surface area contributed by atoms with Crippen LogP contribution >= 0.6 is 0 Å². The van der Waals surface area contributed by atoms with Gasteiger partial charge in [-0.05, 0) is 37.0 Å². The minimum Gasteiger partial charge on any atom is -0.448 e. The Kier molecular flexibility index (Phi) is 4.91. The van der Waals surface area contributed by atoms with E-state index in [0.29, 0.717) is 50.5 Å². The highest BCUT2D eigenvalue weighted by Crippen LogP contribution is 2.41. The number of hydrogen-bond acceptors (Lipinski definition) is 4. The second-order valence-corrected chi connectivity index (χ2v) is 7.69. The lowest BCUT2D eigenvalue weighted by atomic mass is 9.78. The van der Waals surface area contributed by atoms with E-state index < -0.39 is 5.41 Å². The Labute approximate surface area is 163 Å². The Morgan fingerprint density at radius 1 is 1.25 bits per heavy atom. The van der Waals surface area contributed by atoms with Crippen LogP contribution < -0.4 is 0 Å². The number of hydrogen-bond donors (Lipinski definition) is 0. The van der Waals surface area contributed by atoms with Crippen molar-refractivity contribution >= 4 is 11.8 Å². The average Bonchev–Trinajstić information content (AvgIpc) is 3.34. The predicted molar refractivity (Wildman–Crippen MR) is 99.9 cm³/mol. The highest BCUT2D eigenvalue weighted by atomic mass is 19.1. The molecule has 2 aliphatic rings. The number of aryl methyl sites for hydroxylation is 1. The second kappa shape index (κ2) is 7.37. The molecular formula is C21H24FN3O3. The summed E-state index contributed by atoms with van der Waals surface area (Å²) in [7, 11) is 0. The van der Waals surface area contributed by atoms with Gasteiger partial charge in [0.05, 0.1) is 5.41 Å². The Morgan fingerprint density at radius 2 is 2.04 bits per heavy atom. The molecule has 0 bridgehead atoms. The van der Waals surface area contributed by atoms with Crippen molar-refractivity contribution < 1.29 is 18.4 Å². The highest BCUT2D eigenvalue weighted by molar-refractivity contribution is 5.94. The summed E-state index contributed by atoms with van der Waals surface area (Å²) in [5.41, 5.74) is 0.739. The molecule has 2 saturated heterocycles. The Hall–Kier alpha value is -2.70. The number of oxazole rings is 1. The number of likely N-dealkylation sites (tertiary alicyclic amines) is 2. The first kappa shape index (κ1) is 18.7. The van der Waals surface area contributed by atoms with Crippen LogP contribution in [0.2, 0.25) is 0 Å². The van der Waals surface area contributed by atoms with E-state index in [4.69, 9.17) is 4.42 Å². The Morgan fingerprint density at radius 3 is 2.79 bits per heavy atom. The number of carbonyl (C=O) groups is 2. The molecule has 0 saturated carbocycles. The van der Waals surface area contributed by atoms with E-state index in [-0.39, 0.29) is 17.6 Å². The standard InChI is InChI=1S/C21H24FN3O3/c1-2-17-18(23-14-28-17)19(26)25-11-9-21(13-25)8-3-10-24(20(21)27)12-15-4-6-16(22)7-5-15/h4-7,14H,2-3,8-13H2,1H3. The van der Waals surface area contributed by atoms with Gasteiger partial charge in [0, 0.05) is 32.6 Å². The van der Waals surface area contributed by atoms with Gasteiger partial charge in [-0.1, -0.05) is 19.1 Å². The third-order valence-electron chi connectivity index (χ3n) is 5.92. The number of carbonyl (C=O) groups excluding carboxylic acids is 2. The van der Waals surface area contributed by atoms with Gasteiger partial charge < -0.3 is 14.2 Å². The maximum Gasteiger partial charge on any atom is 0.276 e. The smallest absolute Gasteiger partial charge is 0.276 e.